The number of thiophene rings is 1. The van der Waals surface area contributed by atoms with E-state index in [1.54, 1.807) is 17.5 Å². The Morgan fingerprint density at radius 1 is 1.46 bits per heavy atom. The van der Waals surface area contributed by atoms with E-state index >= 15 is 0 Å². The lowest BCUT2D eigenvalue weighted by Crippen LogP contribution is -2.49. The Bertz CT molecular complexity index is 627. The number of nitrogens with zero attached hydrogens (tertiary/aromatic N) is 2. The molecule has 0 bridgehead atoms. The first-order chi connectivity index (χ1) is 11.4. The van der Waals surface area contributed by atoms with Gasteiger partial charge in [-0.15, -0.1) is 11.3 Å². The van der Waals surface area contributed by atoms with E-state index in [2.05, 4.69) is 31.0 Å². The van der Waals surface area contributed by atoms with Crippen molar-refractivity contribution in [3.05, 3.63) is 17.5 Å². The van der Waals surface area contributed by atoms with Crippen molar-refractivity contribution >= 4 is 27.3 Å². The number of carbonyl (C=O) groups excluding carboxylic acids is 1. The fraction of sp³-hybridized carbons (Fsp3) is 0.688. The quantitative estimate of drug-likeness (QED) is 0.754. The Labute approximate surface area is 148 Å². The maximum atomic E-state index is 12.7. The maximum absolute atomic E-state index is 12.7. The van der Waals surface area contributed by atoms with Gasteiger partial charge >= 0.3 is 0 Å². The van der Waals surface area contributed by atoms with Crippen molar-refractivity contribution in [1.82, 2.24) is 14.5 Å². The monoisotopic (exact) mass is 373 g/mol. The Morgan fingerprint density at radius 2 is 2.17 bits per heavy atom. The fourth-order valence-electron chi connectivity index (χ4n) is 3.16. The zero-order chi connectivity index (χ0) is 17.7. The Morgan fingerprint density at radius 3 is 2.75 bits per heavy atom. The average Bonchev–Trinajstić information content (AvgIpc) is 3.25. The normalized spacial score (nSPS) is 20.4. The third-order valence-corrected chi connectivity index (χ3v) is 7.85. The van der Waals surface area contributed by atoms with Crippen LogP contribution in [0.4, 0.5) is 0 Å². The van der Waals surface area contributed by atoms with E-state index in [4.69, 9.17) is 0 Å². The fourth-order valence-corrected chi connectivity index (χ4v) is 5.93. The highest BCUT2D eigenvalue weighted by Gasteiger charge is 2.39. The minimum atomic E-state index is -3.57. The molecule has 2 atom stereocenters. The molecular formula is C16H27N3O3S2. The number of rotatable bonds is 8. The standard InChI is InChI=1S/C16H27N3O3S2/c1-4-18(5-2)13(3)12-17-16(20)14-8-6-10-19(14)24(21,22)15-9-7-11-23-15/h7,9,11,13-14H,4-6,8,10,12H2,1-3H3,(H,17,20). The van der Waals surface area contributed by atoms with Gasteiger partial charge in [-0.2, -0.15) is 4.31 Å². The SMILES string of the molecule is CCN(CC)C(C)CNC(=O)C1CCCN1S(=O)(=O)c1cccs1. The van der Waals surface area contributed by atoms with Crippen LogP contribution in [-0.4, -0.2) is 61.8 Å². The molecule has 0 aromatic carbocycles. The van der Waals surface area contributed by atoms with E-state index in [1.807, 2.05) is 0 Å². The molecule has 2 rings (SSSR count). The summed E-state index contributed by atoms with van der Waals surface area (Å²) in [7, 11) is -3.57. The van der Waals surface area contributed by atoms with Crippen LogP contribution in [0.1, 0.15) is 33.6 Å². The molecule has 6 nitrogen and oxygen atoms in total. The third-order valence-electron chi connectivity index (χ3n) is 4.57. The number of hydrogen-bond acceptors (Lipinski definition) is 5. The molecule has 0 aliphatic carbocycles. The first-order valence-electron chi connectivity index (χ1n) is 8.48. The molecule has 0 spiro atoms. The van der Waals surface area contributed by atoms with E-state index in [-0.39, 0.29) is 11.9 Å². The van der Waals surface area contributed by atoms with Gasteiger partial charge in [-0.25, -0.2) is 8.42 Å². The van der Waals surface area contributed by atoms with Crippen LogP contribution in [0.5, 0.6) is 0 Å². The summed E-state index contributed by atoms with van der Waals surface area (Å²) in [5.74, 6) is -0.188. The van der Waals surface area contributed by atoms with E-state index in [9.17, 15) is 13.2 Å². The van der Waals surface area contributed by atoms with E-state index < -0.39 is 16.1 Å². The number of sulfonamides is 1. The molecule has 1 aliphatic heterocycles. The van der Waals surface area contributed by atoms with Crippen molar-refractivity contribution < 1.29 is 13.2 Å². The summed E-state index contributed by atoms with van der Waals surface area (Å²) in [5.41, 5.74) is 0. The Hall–Kier alpha value is -0.960. The van der Waals surface area contributed by atoms with E-state index in [1.165, 1.54) is 15.6 Å². The predicted octanol–water partition coefficient (Wildman–Crippen LogP) is 1.75. The van der Waals surface area contributed by atoms with Crippen LogP contribution in [0.25, 0.3) is 0 Å². The lowest BCUT2D eigenvalue weighted by atomic mass is 10.2. The zero-order valence-corrected chi connectivity index (χ0v) is 16.2. The molecule has 136 valence electrons. The van der Waals surface area contributed by atoms with Gasteiger partial charge in [0, 0.05) is 19.1 Å². The van der Waals surface area contributed by atoms with Gasteiger partial charge in [-0.3, -0.25) is 9.69 Å². The topological polar surface area (TPSA) is 69.7 Å². The molecular weight excluding hydrogens is 346 g/mol. The largest absolute Gasteiger partial charge is 0.353 e. The van der Waals surface area contributed by atoms with Crippen LogP contribution in [0.3, 0.4) is 0 Å². The minimum Gasteiger partial charge on any atom is -0.353 e. The number of carbonyl (C=O) groups is 1. The van der Waals surface area contributed by atoms with Crippen LogP contribution in [0.15, 0.2) is 21.7 Å². The maximum Gasteiger partial charge on any atom is 0.253 e. The summed E-state index contributed by atoms with van der Waals surface area (Å²) >= 11 is 1.19. The molecule has 1 saturated heterocycles. The van der Waals surface area contributed by atoms with Crippen LogP contribution >= 0.6 is 11.3 Å². The lowest BCUT2D eigenvalue weighted by molar-refractivity contribution is -0.124. The smallest absolute Gasteiger partial charge is 0.253 e. The summed E-state index contributed by atoms with van der Waals surface area (Å²) in [6, 6.07) is 2.94. The molecule has 2 heterocycles. The number of nitrogens with one attached hydrogen (secondary N) is 1. The molecule has 0 saturated carbocycles. The van der Waals surface area contributed by atoms with Crippen molar-refractivity contribution in [3.8, 4) is 0 Å². The first-order valence-corrected chi connectivity index (χ1v) is 10.8. The highest BCUT2D eigenvalue weighted by atomic mass is 32.2. The van der Waals surface area contributed by atoms with Crippen LogP contribution in [-0.2, 0) is 14.8 Å². The molecule has 1 aromatic rings. The molecule has 1 aliphatic rings. The van der Waals surface area contributed by atoms with Crippen LogP contribution in [0.2, 0.25) is 0 Å². The van der Waals surface area contributed by atoms with Crippen LogP contribution in [0, 0.1) is 0 Å². The van der Waals surface area contributed by atoms with Crippen LogP contribution < -0.4 is 5.32 Å². The van der Waals surface area contributed by atoms with E-state index in [0.29, 0.717) is 30.1 Å². The van der Waals surface area contributed by atoms with E-state index in [0.717, 1.165) is 13.1 Å². The molecule has 1 amide bonds. The van der Waals surface area contributed by atoms with Gasteiger partial charge in [0.05, 0.1) is 0 Å². The summed E-state index contributed by atoms with van der Waals surface area (Å²) < 4.78 is 27.1. The van der Waals surface area contributed by atoms with Gasteiger partial charge in [-0.1, -0.05) is 19.9 Å². The number of amides is 1. The highest BCUT2D eigenvalue weighted by molar-refractivity contribution is 7.91. The summed E-state index contributed by atoms with van der Waals surface area (Å²) in [5, 5.41) is 4.68. The number of likely N-dealkylation sites (N-methyl/N-ethyl adjacent to an activating group) is 1. The summed E-state index contributed by atoms with van der Waals surface area (Å²) in [6.45, 7) is 9.05. The van der Waals surface area contributed by atoms with Gasteiger partial charge in [0.1, 0.15) is 10.3 Å². The van der Waals surface area contributed by atoms with Crippen molar-refractivity contribution in [3.63, 3.8) is 0 Å². The minimum absolute atomic E-state index is 0.188. The second kappa shape index (κ2) is 8.42. The number of hydrogen-bond donors (Lipinski definition) is 1. The molecule has 1 N–H and O–H groups in total. The average molecular weight is 374 g/mol. The van der Waals surface area contributed by atoms with Gasteiger partial charge in [0.15, 0.2) is 0 Å². The summed E-state index contributed by atoms with van der Waals surface area (Å²) in [4.78, 5) is 14.8. The van der Waals surface area contributed by atoms with Gasteiger partial charge in [0.25, 0.3) is 10.0 Å². The molecule has 0 radical (unpaired) electrons. The van der Waals surface area contributed by atoms with Crippen molar-refractivity contribution in [2.75, 3.05) is 26.2 Å². The zero-order valence-electron chi connectivity index (χ0n) is 14.6. The molecule has 1 fully saturated rings. The van der Waals surface area contributed by atoms with Gasteiger partial charge in [0.2, 0.25) is 5.91 Å². The second-order valence-electron chi connectivity index (χ2n) is 6.02. The Kier molecular flexibility index (Phi) is 6.79. The lowest BCUT2D eigenvalue weighted by Gasteiger charge is -2.28. The third kappa shape index (κ3) is 4.17. The van der Waals surface area contributed by atoms with Crippen molar-refractivity contribution in [1.29, 1.82) is 0 Å². The molecule has 8 heteroatoms. The van der Waals surface area contributed by atoms with Crippen molar-refractivity contribution in [2.24, 2.45) is 0 Å². The Balaban J connectivity index is 2.01. The highest BCUT2D eigenvalue weighted by Crippen LogP contribution is 2.28. The molecule has 2 unspecified atom stereocenters. The van der Waals surface area contributed by atoms with Crippen molar-refractivity contribution in [2.45, 2.75) is 49.9 Å². The predicted molar refractivity (Wildman–Crippen MR) is 96.6 cm³/mol. The summed E-state index contributed by atoms with van der Waals surface area (Å²) in [6.07, 6.45) is 1.30. The molecule has 1 aromatic heterocycles. The van der Waals surface area contributed by atoms with Gasteiger partial charge in [-0.05, 0) is 44.3 Å². The van der Waals surface area contributed by atoms with Gasteiger partial charge < -0.3 is 5.32 Å². The second-order valence-corrected chi connectivity index (χ2v) is 9.09. The first kappa shape index (κ1) is 19.4. The molecule has 24 heavy (non-hydrogen) atoms.